The van der Waals surface area contributed by atoms with Gasteiger partial charge in [-0.1, -0.05) is 30.0 Å². The monoisotopic (exact) mass is 329 g/mol. The second-order valence-corrected chi connectivity index (χ2v) is 7.43. The number of nitrogens with zero attached hydrogens (tertiary/aromatic N) is 5. The standard InChI is InChI=1S/C16H19N5OS/c1-11(23-16-17-18-19-21(16)13-8-9-13)15(22)20-10-4-6-12-5-2-3-7-14(12)20/h2-3,5,7,11,13H,4,6,8-10H2,1H3/t11-/m0/s1. The van der Waals surface area contributed by atoms with Crippen LogP contribution in [0.25, 0.3) is 0 Å². The van der Waals surface area contributed by atoms with E-state index in [0.29, 0.717) is 6.04 Å². The number of fused-ring (bicyclic) bond motifs is 1. The number of aromatic nitrogens is 4. The average molecular weight is 329 g/mol. The number of aryl methyl sites for hydroxylation is 1. The maximum Gasteiger partial charge on any atom is 0.240 e. The summed E-state index contributed by atoms with van der Waals surface area (Å²) in [6.07, 6.45) is 4.31. The molecule has 1 aromatic heterocycles. The van der Waals surface area contributed by atoms with E-state index in [1.165, 1.54) is 17.3 Å². The third kappa shape index (κ3) is 2.85. The molecule has 0 bridgehead atoms. The van der Waals surface area contributed by atoms with Gasteiger partial charge in [0.05, 0.1) is 11.3 Å². The summed E-state index contributed by atoms with van der Waals surface area (Å²) in [5.41, 5.74) is 2.31. The number of amides is 1. The number of benzene rings is 1. The summed E-state index contributed by atoms with van der Waals surface area (Å²) in [5.74, 6) is 0.132. The second kappa shape index (κ2) is 5.96. The van der Waals surface area contributed by atoms with Gasteiger partial charge < -0.3 is 4.90 Å². The second-order valence-electron chi connectivity index (χ2n) is 6.12. The summed E-state index contributed by atoms with van der Waals surface area (Å²) in [4.78, 5) is 14.8. The first kappa shape index (κ1) is 14.7. The first-order valence-electron chi connectivity index (χ1n) is 8.08. The van der Waals surface area contributed by atoms with Crippen molar-refractivity contribution in [3.05, 3.63) is 29.8 Å². The van der Waals surface area contributed by atoms with Crippen molar-refractivity contribution in [1.29, 1.82) is 0 Å². The number of tetrazole rings is 1. The van der Waals surface area contributed by atoms with Crippen LogP contribution in [0.1, 0.15) is 37.8 Å². The molecule has 0 unspecified atom stereocenters. The van der Waals surface area contributed by atoms with E-state index in [9.17, 15) is 4.79 Å². The summed E-state index contributed by atoms with van der Waals surface area (Å²) < 4.78 is 1.86. The van der Waals surface area contributed by atoms with Gasteiger partial charge in [0.15, 0.2) is 0 Å². The number of thioether (sulfide) groups is 1. The van der Waals surface area contributed by atoms with Crippen molar-refractivity contribution < 1.29 is 4.79 Å². The average Bonchev–Trinajstić information content (AvgIpc) is 3.33. The number of carbonyl (C=O) groups is 1. The zero-order chi connectivity index (χ0) is 15.8. The Morgan fingerprint density at radius 1 is 1.35 bits per heavy atom. The van der Waals surface area contributed by atoms with E-state index in [2.05, 4.69) is 21.6 Å². The Labute approximate surface area is 139 Å². The van der Waals surface area contributed by atoms with Gasteiger partial charge in [-0.15, -0.1) is 5.10 Å². The van der Waals surface area contributed by atoms with Gasteiger partial charge in [0.25, 0.3) is 0 Å². The molecule has 1 saturated carbocycles. The molecular weight excluding hydrogens is 310 g/mol. The molecule has 1 amide bonds. The van der Waals surface area contributed by atoms with Gasteiger partial charge in [-0.2, -0.15) is 0 Å². The molecule has 0 saturated heterocycles. The molecule has 2 heterocycles. The largest absolute Gasteiger partial charge is 0.311 e. The molecule has 2 aromatic rings. The van der Waals surface area contributed by atoms with Crippen molar-refractivity contribution in [3.8, 4) is 0 Å². The molecule has 1 aromatic carbocycles. The normalized spacial score (nSPS) is 18.6. The fourth-order valence-corrected chi connectivity index (χ4v) is 3.92. The number of rotatable bonds is 4. The summed E-state index contributed by atoms with van der Waals surface area (Å²) in [5, 5.41) is 12.4. The van der Waals surface area contributed by atoms with Crippen LogP contribution in [0.15, 0.2) is 29.4 Å². The van der Waals surface area contributed by atoms with Crippen LogP contribution in [0.3, 0.4) is 0 Å². The molecule has 7 heteroatoms. The molecule has 1 aliphatic heterocycles. The molecule has 1 fully saturated rings. The maximum atomic E-state index is 12.9. The van der Waals surface area contributed by atoms with Crippen LogP contribution in [-0.4, -0.2) is 37.9 Å². The Balaban J connectivity index is 1.51. The zero-order valence-corrected chi connectivity index (χ0v) is 13.9. The summed E-state index contributed by atoms with van der Waals surface area (Å²) >= 11 is 1.46. The van der Waals surface area contributed by atoms with Crippen LogP contribution in [0.4, 0.5) is 5.69 Å². The summed E-state index contributed by atoms with van der Waals surface area (Å²) in [6, 6.07) is 8.61. The summed E-state index contributed by atoms with van der Waals surface area (Å²) in [7, 11) is 0. The van der Waals surface area contributed by atoms with E-state index in [1.54, 1.807) is 0 Å². The van der Waals surface area contributed by atoms with Gasteiger partial charge >= 0.3 is 0 Å². The van der Waals surface area contributed by atoms with Crippen LogP contribution in [0.5, 0.6) is 0 Å². The van der Waals surface area contributed by atoms with Gasteiger partial charge in [0.2, 0.25) is 11.1 Å². The Hall–Kier alpha value is -1.89. The zero-order valence-electron chi connectivity index (χ0n) is 13.1. The fourth-order valence-electron chi connectivity index (χ4n) is 3.00. The molecule has 2 aliphatic rings. The van der Waals surface area contributed by atoms with E-state index < -0.39 is 0 Å². The highest BCUT2D eigenvalue weighted by atomic mass is 32.2. The molecule has 6 nitrogen and oxygen atoms in total. The van der Waals surface area contributed by atoms with Crippen LogP contribution in [0, 0.1) is 0 Å². The first-order valence-corrected chi connectivity index (χ1v) is 8.96. The lowest BCUT2D eigenvalue weighted by atomic mass is 10.0. The number of para-hydroxylation sites is 1. The van der Waals surface area contributed by atoms with Crippen LogP contribution < -0.4 is 4.90 Å². The Morgan fingerprint density at radius 3 is 3.00 bits per heavy atom. The SMILES string of the molecule is C[C@H](Sc1nnnn1C1CC1)C(=O)N1CCCc2ccccc21. The molecule has 120 valence electrons. The van der Waals surface area contributed by atoms with Gasteiger partial charge in [-0.25, -0.2) is 4.68 Å². The lowest BCUT2D eigenvalue weighted by Gasteiger charge is -2.31. The quantitative estimate of drug-likeness (QED) is 0.806. The number of hydrogen-bond acceptors (Lipinski definition) is 5. The van der Waals surface area contributed by atoms with Crippen molar-refractivity contribution >= 4 is 23.4 Å². The molecule has 0 spiro atoms. The smallest absolute Gasteiger partial charge is 0.240 e. The maximum absolute atomic E-state index is 12.9. The third-order valence-corrected chi connectivity index (χ3v) is 5.40. The van der Waals surface area contributed by atoms with Gasteiger partial charge in [-0.3, -0.25) is 4.79 Å². The highest BCUT2D eigenvalue weighted by molar-refractivity contribution is 8.00. The van der Waals surface area contributed by atoms with E-state index in [-0.39, 0.29) is 11.2 Å². The van der Waals surface area contributed by atoms with Gasteiger partial charge in [0.1, 0.15) is 0 Å². The Kier molecular flexibility index (Phi) is 3.80. The van der Waals surface area contributed by atoms with Crippen molar-refractivity contribution in [3.63, 3.8) is 0 Å². The van der Waals surface area contributed by atoms with Crippen LogP contribution in [-0.2, 0) is 11.2 Å². The van der Waals surface area contributed by atoms with E-state index in [4.69, 9.17) is 0 Å². The van der Waals surface area contributed by atoms with Crippen molar-refractivity contribution in [2.24, 2.45) is 0 Å². The molecule has 23 heavy (non-hydrogen) atoms. The lowest BCUT2D eigenvalue weighted by molar-refractivity contribution is -0.117. The number of anilines is 1. The highest BCUT2D eigenvalue weighted by Gasteiger charge is 2.31. The van der Waals surface area contributed by atoms with Crippen molar-refractivity contribution in [2.75, 3.05) is 11.4 Å². The lowest BCUT2D eigenvalue weighted by Crippen LogP contribution is -2.40. The Bertz CT molecular complexity index is 727. The van der Waals surface area contributed by atoms with E-state index in [0.717, 1.165) is 43.1 Å². The number of carbonyl (C=O) groups excluding carboxylic acids is 1. The fraction of sp³-hybridized carbons (Fsp3) is 0.500. The first-order chi connectivity index (χ1) is 11.2. The van der Waals surface area contributed by atoms with Crippen LogP contribution >= 0.6 is 11.8 Å². The Morgan fingerprint density at radius 2 is 2.17 bits per heavy atom. The van der Waals surface area contributed by atoms with Crippen LogP contribution in [0.2, 0.25) is 0 Å². The third-order valence-electron chi connectivity index (χ3n) is 4.36. The minimum atomic E-state index is -0.204. The molecule has 4 rings (SSSR count). The predicted molar refractivity (Wildman–Crippen MR) is 88.5 cm³/mol. The summed E-state index contributed by atoms with van der Waals surface area (Å²) in [6.45, 7) is 2.73. The minimum Gasteiger partial charge on any atom is -0.311 e. The van der Waals surface area contributed by atoms with Crippen molar-refractivity contribution in [2.45, 2.75) is 49.1 Å². The number of hydrogen-bond donors (Lipinski definition) is 0. The van der Waals surface area contributed by atoms with Crippen molar-refractivity contribution in [1.82, 2.24) is 20.2 Å². The topological polar surface area (TPSA) is 63.9 Å². The molecule has 1 aliphatic carbocycles. The van der Waals surface area contributed by atoms with Gasteiger partial charge in [0, 0.05) is 12.2 Å². The highest BCUT2D eigenvalue weighted by Crippen LogP contribution is 2.37. The van der Waals surface area contributed by atoms with Gasteiger partial charge in [-0.05, 0) is 54.7 Å². The van der Waals surface area contributed by atoms with E-state index in [1.807, 2.05) is 34.7 Å². The molecule has 1 atom stereocenters. The van der Waals surface area contributed by atoms with E-state index >= 15 is 0 Å². The predicted octanol–water partition coefficient (Wildman–Crippen LogP) is 2.47. The molecular formula is C16H19N5OS. The molecule has 0 radical (unpaired) electrons. The molecule has 0 N–H and O–H groups in total. The minimum absolute atomic E-state index is 0.132.